The van der Waals surface area contributed by atoms with Crippen molar-refractivity contribution in [3.05, 3.63) is 23.6 Å². The first-order chi connectivity index (χ1) is 8.20. The molecule has 2 heterocycles. The van der Waals surface area contributed by atoms with Gasteiger partial charge in [0.2, 0.25) is 0 Å². The molecular weight excluding hydrogens is 232 g/mol. The Bertz CT molecular complexity index is 472. The average molecular weight is 250 g/mol. The fourth-order valence-corrected chi connectivity index (χ4v) is 2.41. The van der Waals surface area contributed by atoms with Gasteiger partial charge in [0.1, 0.15) is 5.01 Å². The fourth-order valence-electron chi connectivity index (χ4n) is 1.57. The average Bonchev–Trinajstić information content (AvgIpc) is 2.94. The number of aromatic nitrogens is 3. The van der Waals surface area contributed by atoms with Crippen molar-refractivity contribution in [2.24, 2.45) is 0 Å². The lowest BCUT2D eigenvalue weighted by molar-refractivity contribution is 0.583. The van der Waals surface area contributed by atoms with Crippen LogP contribution in [0.4, 0.5) is 0 Å². The van der Waals surface area contributed by atoms with E-state index in [1.807, 2.05) is 12.5 Å². The molecule has 0 saturated heterocycles. The summed E-state index contributed by atoms with van der Waals surface area (Å²) in [5.41, 5.74) is 2.20. The number of rotatable bonds is 5. The Morgan fingerprint density at radius 1 is 1.47 bits per heavy atom. The Labute approximate surface area is 106 Å². The summed E-state index contributed by atoms with van der Waals surface area (Å²) >= 11 is 1.68. The molecule has 2 aromatic heterocycles. The van der Waals surface area contributed by atoms with Crippen molar-refractivity contribution in [1.82, 2.24) is 19.9 Å². The van der Waals surface area contributed by atoms with Crippen LogP contribution in [0.2, 0.25) is 0 Å². The SMILES string of the molecule is CCn1cncc1-c1nc(CNC(C)C)cs1. The molecule has 17 heavy (non-hydrogen) atoms. The van der Waals surface area contributed by atoms with Gasteiger partial charge in [-0.25, -0.2) is 9.97 Å². The molecule has 5 heteroatoms. The van der Waals surface area contributed by atoms with Crippen molar-refractivity contribution in [1.29, 1.82) is 0 Å². The standard InChI is InChI=1S/C12H18N4S/c1-4-16-8-13-6-11(16)12-15-10(7-17-12)5-14-9(2)3/h6-9,14H,4-5H2,1-3H3. The van der Waals surface area contributed by atoms with Gasteiger partial charge in [-0.15, -0.1) is 11.3 Å². The van der Waals surface area contributed by atoms with Gasteiger partial charge in [-0.05, 0) is 6.92 Å². The maximum atomic E-state index is 4.63. The minimum absolute atomic E-state index is 0.487. The number of nitrogens with one attached hydrogen (secondary N) is 1. The van der Waals surface area contributed by atoms with Crippen LogP contribution in [0.15, 0.2) is 17.9 Å². The summed E-state index contributed by atoms with van der Waals surface area (Å²) in [5, 5.41) is 6.53. The number of thiazole rings is 1. The maximum Gasteiger partial charge on any atom is 0.141 e. The smallest absolute Gasteiger partial charge is 0.141 e. The second-order valence-corrected chi connectivity index (χ2v) is 5.10. The topological polar surface area (TPSA) is 42.7 Å². The first-order valence-corrected chi connectivity index (χ1v) is 6.77. The van der Waals surface area contributed by atoms with Crippen LogP contribution in [0, 0.1) is 0 Å². The molecule has 2 aromatic rings. The van der Waals surface area contributed by atoms with Crippen molar-refractivity contribution in [3.63, 3.8) is 0 Å². The summed E-state index contributed by atoms with van der Waals surface area (Å²) in [6.45, 7) is 8.14. The lowest BCUT2D eigenvalue weighted by Crippen LogP contribution is -2.21. The van der Waals surface area contributed by atoms with Gasteiger partial charge in [0.25, 0.3) is 0 Å². The molecule has 0 amide bonds. The lowest BCUT2D eigenvalue weighted by atomic mass is 10.3. The predicted octanol–water partition coefficient (Wildman–Crippen LogP) is 2.52. The van der Waals surface area contributed by atoms with Gasteiger partial charge in [-0.1, -0.05) is 13.8 Å². The molecule has 1 N–H and O–H groups in total. The second-order valence-electron chi connectivity index (χ2n) is 4.24. The highest BCUT2D eigenvalue weighted by atomic mass is 32.1. The van der Waals surface area contributed by atoms with E-state index in [1.165, 1.54) is 0 Å². The Morgan fingerprint density at radius 2 is 2.29 bits per heavy atom. The molecule has 0 bridgehead atoms. The van der Waals surface area contributed by atoms with Crippen molar-refractivity contribution < 1.29 is 0 Å². The monoisotopic (exact) mass is 250 g/mol. The predicted molar refractivity (Wildman–Crippen MR) is 71.0 cm³/mol. The number of hydrogen-bond donors (Lipinski definition) is 1. The maximum absolute atomic E-state index is 4.63. The normalized spacial score (nSPS) is 11.3. The van der Waals surface area contributed by atoms with E-state index in [9.17, 15) is 0 Å². The van der Waals surface area contributed by atoms with Gasteiger partial charge < -0.3 is 9.88 Å². The minimum Gasteiger partial charge on any atom is -0.329 e. The molecule has 0 unspecified atom stereocenters. The van der Waals surface area contributed by atoms with Gasteiger partial charge in [-0.3, -0.25) is 0 Å². The van der Waals surface area contributed by atoms with E-state index >= 15 is 0 Å². The van der Waals surface area contributed by atoms with Gasteiger partial charge in [0.05, 0.1) is 23.9 Å². The largest absolute Gasteiger partial charge is 0.329 e. The summed E-state index contributed by atoms with van der Waals surface area (Å²) in [7, 11) is 0. The zero-order chi connectivity index (χ0) is 12.3. The first-order valence-electron chi connectivity index (χ1n) is 5.89. The zero-order valence-electron chi connectivity index (χ0n) is 10.5. The second kappa shape index (κ2) is 5.42. The van der Waals surface area contributed by atoms with Gasteiger partial charge in [0, 0.05) is 24.5 Å². The summed E-state index contributed by atoms with van der Waals surface area (Å²) < 4.78 is 2.11. The highest BCUT2D eigenvalue weighted by molar-refractivity contribution is 7.13. The molecule has 0 saturated carbocycles. The number of aryl methyl sites for hydroxylation is 1. The molecule has 0 aliphatic carbocycles. The Balaban J connectivity index is 2.12. The summed E-state index contributed by atoms with van der Waals surface area (Å²) in [4.78, 5) is 8.80. The highest BCUT2D eigenvalue weighted by Crippen LogP contribution is 2.23. The highest BCUT2D eigenvalue weighted by Gasteiger charge is 2.09. The van der Waals surface area contributed by atoms with Crippen LogP contribution in [-0.2, 0) is 13.1 Å². The lowest BCUT2D eigenvalue weighted by Gasteiger charge is -2.05. The number of imidazole rings is 1. The number of hydrogen-bond acceptors (Lipinski definition) is 4. The van der Waals surface area contributed by atoms with Crippen molar-refractivity contribution in [3.8, 4) is 10.7 Å². The van der Waals surface area contributed by atoms with E-state index in [0.29, 0.717) is 6.04 Å². The molecule has 0 aliphatic rings. The van der Waals surface area contributed by atoms with E-state index < -0.39 is 0 Å². The summed E-state index contributed by atoms with van der Waals surface area (Å²) in [6, 6.07) is 0.487. The molecule has 4 nitrogen and oxygen atoms in total. The Kier molecular flexibility index (Phi) is 3.91. The summed E-state index contributed by atoms with van der Waals surface area (Å²) in [5.74, 6) is 0. The molecule has 0 spiro atoms. The van der Waals surface area contributed by atoms with E-state index in [2.05, 4.69) is 46.0 Å². The third kappa shape index (κ3) is 2.92. The molecule has 0 atom stereocenters. The number of nitrogens with zero attached hydrogens (tertiary/aromatic N) is 3. The molecule has 2 rings (SSSR count). The van der Waals surface area contributed by atoms with Crippen LogP contribution >= 0.6 is 11.3 Å². The first kappa shape index (κ1) is 12.3. The summed E-state index contributed by atoms with van der Waals surface area (Å²) in [6.07, 6.45) is 3.73. The van der Waals surface area contributed by atoms with Crippen LogP contribution in [0.1, 0.15) is 26.5 Å². The quantitative estimate of drug-likeness (QED) is 0.886. The molecule has 0 fully saturated rings. The van der Waals surface area contributed by atoms with Gasteiger partial charge in [-0.2, -0.15) is 0 Å². The van der Waals surface area contributed by atoms with E-state index in [-0.39, 0.29) is 0 Å². The molecule has 92 valence electrons. The Morgan fingerprint density at radius 3 is 3.00 bits per heavy atom. The van der Waals surface area contributed by atoms with E-state index in [4.69, 9.17) is 0 Å². The van der Waals surface area contributed by atoms with Gasteiger partial charge in [0.15, 0.2) is 0 Å². The minimum atomic E-state index is 0.487. The zero-order valence-corrected chi connectivity index (χ0v) is 11.3. The van der Waals surface area contributed by atoms with Crippen molar-refractivity contribution >= 4 is 11.3 Å². The van der Waals surface area contributed by atoms with Crippen LogP contribution in [-0.4, -0.2) is 20.6 Å². The van der Waals surface area contributed by atoms with Crippen LogP contribution < -0.4 is 5.32 Å². The third-order valence-electron chi connectivity index (χ3n) is 2.52. The van der Waals surface area contributed by atoms with Crippen molar-refractivity contribution in [2.75, 3.05) is 0 Å². The van der Waals surface area contributed by atoms with Crippen LogP contribution in [0.5, 0.6) is 0 Å². The van der Waals surface area contributed by atoms with Crippen LogP contribution in [0.25, 0.3) is 10.7 Å². The fraction of sp³-hybridized carbons (Fsp3) is 0.500. The molecule has 0 aliphatic heterocycles. The Hall–Kier alpha value is -1.20. The molecular formula is C12H18N4S. The van der Waals surface area contributed by atoms with Crippen molar-refractivity contribution in [2.45, 2.75) is 39.9 Å². The van der Waals surface area contributed by atoms with E-state index in [0.717, 1.165) is 29.5 Å². The van der Waals surface area contributed by atoms with Crippen LogP contribution in [0.3, 0.4) is 0 Å². The van der Waals surface area contributed by atoms with Gasteiger partial charge >= 0.3 is 0 Å². The third-order valence-corrected chi connectivity index (χ3v) is 3.43. The molecule has 0 aromatic carbocycles. The van der Waals surface area contributed by atoms with E-state index in [1.54, 1.807) is 11.3 Å². The molecule has 0 radical (unpaired) electrons.